The molecule has 0 aliphatic carbocycles. The quantitative estimate of drug-likeness (QED) is 0.657. The Kier molecular flexibility index (Phi) is 8.50. The van der Waals surface area contributed by atoms with E-state index in [2.05, 4.69) is 25.1 Å². The van der Waals surface area contributed by atoms with Crippen molar-refractivity contribution < 1.29 is 19.1 Å². The lowest BCUT2D eigenvalue weighted by Crippen LogP contribution is -2.52. The third kappa shape index (κ3) is 6.88. The summed E-state index contributed by atoms with van der Waals surface area (Å²) in [7, 11) is 0. The first kappa shape index (κ1) is 24.9. The van der Waals surface area contributed by atoms with E-state index in [1.807, 2.05) is 31.7 Å². The number of benzene rings is 1. The second-order valence-electron chi connectivity index (χ2n) is 10.1. The average molecular weight is 463 g/mol. The van der Waals surface area contributed by atoms with E-state index in [1.54, 1.807) is 4.90 Å². The van der Waals surface area contributed by atoms with Crippen LogP contribution in [0.5, 0.6) is 0 Å². The summed E-state index contributed by atoms with van der Waals surface area (Å²) in [6.07, 6.45) is 3.13. The van der Waals surface area contributed by atoms with Crippen LogP contribution in [0.3, 0.4) is 0 Å². The lowest BCUT2D eigenvalue weighted by molar-refractivity contribution is -0.136. The molecular formula is C25H38N2O4S. The summed E-state index contributed by atoms with van der Waals surface area (Å²) >= 11 is 4.75. The molecule has 2 amide bonds. The average Bonchev–Trinajstić information content (AvgIpc) is 2.76. The highest BCUT2D eigenvalue weighted by Crippen LogP contribution is 2.27. The fourth-order valence-corrected chi connectivity index (χ4v) is 4.85. The Hall–Kier alpha value is -1.73. The molecule has 0 bridgehead atoms. The van der Waals surface area contributed by atoms with Crippen LogP contribution in [0.2, 0.25) is 0 Å². The largest absolute Gasteiger partial charge is 0.444 e. The standard InChI is InChI=1S/C25H38N2O4S/c1-18-7-5-8-19(15-18)16-27(23(28)22(32)20-9-6-14-30-17-20)21-10-12-26(13-11-21)24(29)31-25(2,3)4/h5,7-8,15,20-22,32H,6,9-14,16-17H2,1-4H3. The highest BCUT2D eigenvalue weighted by atomic mass is 32.1. The number of thiol groups is 1. The van der Waals surface area contributed by atoms with Crippen LogP contribution in [0, 0.1) is 12.8 Å². The molecular weight excluding hydrogens is 424 g/mol. The lowest BCUT2D eigenvalue weighted by atomic mass is 9.95. The van der Waals surface area contributed by atoms with Crippen LogP contribution in [0.25, 0.3) is 0 Å². The number of ether oxygens (including phenoxy) is 2. The molecule has 0 radical (unpaired) electrons. The van der Waals surface area contributed by atoms with Gasteiger partial charge in [-0.1, -0.05) is 29.8 Å². The van der Waals surface area contributed by atoms with Crippen LogP contribution in [0.1, 0.15) is 57.6 Å². The maximum absolute atomic E-state index is 13.6. The SMILES string of the molecule is Cc1cccc(CN(C(=O)C(S)C2CCCOC2)C2CCN(C(=O)OC(C)(C)C)CC2)c1. The lowest BCUT2D eigenvalue weighted by Gasteiger charge is -2.40. The second-order valence-corrected chi connectivity index (χ2v) is 10.6. The van der Waals surface area contributed by atoms with Crippen LogP contribution in [0.15, 0.2) is 24.3 Å². The van der Waals surface area contributed by atoms with E-state index in [0.29, 0.717) is 26.2 Å². The number of hydrogen-bond donors (Lipinski definition) is 1. The number of carbonyl (C=O) groups excluding carboxylic acids is 2. The van der Waals surface area contributed by atoms with E-state index < -0.39 is 5.60 Å². The van der Waals surface area contributed by atoms with Crippen LogP contribution >= 0.6 is 12.6 Å². The van der Waals surface area contributed by atoms with Crippen molar-refractivity contribution >= 4 is 24.6 Å². The molecule has 2 aliphatic rings. The zero-order valence-electron chi connectivity index (χ0n) is 19.9. The zero-order chi connectivity index (χ0) is 23.3. The van der Waals surface area contributed by atoms with Gasteiger partial charge >= 0.3 is 6.09 Å². The Labute approximate surface area is 198 Å². The minimum Gasteiger partial charge on any atom is -0.444 e. The first-order chi connectivity index (χ1) is 15.1. The van der Waals surface area contributed by atoms with Crippen LogP contribution in [0.4, 0.5) is 4.79 Å². The Morgan fingerprint density at radius 1 is 1.25 bits per heavy atom. The number of piperidine rings is 1. The number of aryl methyl sites for hydroxylation is 1. The van der Waals surface area contributed by atoms with Crippen molar-refractivity contribution in [3.63, 3.8) is 0 Å². The number of carbonyl (C=O) groups is 2. The Balaban J connectivity index is 1.71. The van der Waals surface area contributed by atoms with Gasteiger partial charge in [0.2, 0.25) is 5.91 Å². The molecule has 2 saturated heterocycles. The van der Waals surface area contributed by atoms with Gasteiger partial charge in [0.1, 0.15) is 5.60 Å². The van der Waals surface area contributed by atoms with Crippen molar-refractivity contribution in [2.45, 2.75) is 76.8 Å². The van der Waals surface area contributed by atoms with Gasteiger partial charge in [0, 0.05) is 38.2 Å². The third-order valence-electron chi connectivity index (χ3n) is 6.17. The van der Waals surface area contributed by atoms with Gasteiger partial charge in [-0.25, -0.2) is 4.79 Å². The summed E-state index contributed by atoms with van der Waals surface area (Å²) in [5, 5.41) is -0.371. The van der Waals surface area contributed by atoms with Gasteiger partial charge < -0.3 is 19.3 Å². The molecule has 7 heteroatoms. The molecule has 2 fully saturated rings. The molecule has 3 rings (SSSR count). The number of rotatable bonds is 5. The maximum atomic E-state index is 13.6. The predicted octanol–water partition coefficient (Wildman–Crippen LogP) is 4.45. The van der Waals surface area contributed by atoms with Gasteiger partial charge in [-0.3, -0.25) is 4.79 Å². The summed E-state index contributed by atoms with van der Waals surface area (Å²) in [5.74, 6) is 0.211. The van der Waals surface area contributed by atoms with Crippen molar-refractivity contribution in [2.75, 3.05) is 26.3 Å². The van der Waals surface area contributed by atoms with Gasteiger partial charge in [-0.05, 0) is 58.9 Å². The van der Waals surface area contributed by atoms with Crippen molar-refractivity contribution in [1.29, 1.82) is 0 Å². The van der Waals surface area contributed by atoms with E-state index >= 15 is 0 Å². The Morgan fingerprint density at radius 3 is 2.56 bits per heavy atom. The Bertz CT molecular complexity index is 780. The van der Waals surface area contributed by atoms with Crippen LogP contribution in [-0.4, -0.2) is 65.0 Å². The minimum absolute atomic E-state index is 0.0702. The van der Waals surface area contributed by atoms with Crippen LogP contribution < -0.4 is 0 Å². The van der Waals surface area contributed by atoms with Gasteiger partial charge in [0.15, 0.2) is 0 Å². The summed E-state index contributed by atoms with van der Waals surface area (Å²) in [4.78, 5) is 29.8. The van der Waals surface area contributed by atoms with E-state index in [1.165, 1.54) is 5.56 Å². The first-order valence-corrected chi connectivity index (χ1v) is 12.3. The molecule has 2 heterocycles. The molecule has 0 N–H and O–H groups in total. The summed E-state index contributed by atoms with van der Waals surface area (Å²) in [6.45, 7) is 10.8. The molecule has 0 saturated carbocycles. The van der Waals surface area contributed by atoms with Crippen molar-refractivity contribution in [3.05, 3.63) is 35.4 Å². The van der Waals surface area contributed by atoms with Crippen molar-refractivity contribution in [3.8, 4) is 0 Å². The van der Waals surface area contributed by atoms with E-state index in [-0.39, 0.29) is 29.2 Å². The maximum Gasteiger partial charge on any atom is 0.410 e. The first-order valence-electron chi connectivity index (χ1n) is 11.7. The van der Waals surface area contributed by atoms with E-state index in [0.717, 1.165) is 37.9 Å². The number of amides is 2. The normalized spacial score (nSPS) is 21.2. The molecule has 1 aromatic rings. The zero-order valence-corrected chi connectivity index (χ0v) is 20.8. The number of likely N-dealkylation sites (tertiary alicyclic amines) is 1. The molecule has 6 nitrogen and oxygen atoms in total. The Morgan fingerprint density at radius 2 is 1.97 bits per heavy atom. The molecule has 2 aliphatic heterocycles. The highest BCUT2D eigenvalue weighted by molar-refractivity contribution is 7.81. The smallest absolute Gasteiger partial charge is 0.410 e. The second kappa shape index (κ2) is 10.9. The fraction of sp³-hybridized carbons (Fsp3) is 0.680. The third-order valence-corrected chi connectivity index (χ3v) is 6.81. The number of nitrogens with zero attached hydrogens (tertiary/aromatic N) is 2. The topological polar surface area (TPSA) is 59.1 Å². The molecule has 2 atom stereocenters. The highest BCUT2D eigenvalue weighted by Gasteiger charge is 2.36. The van der Waals surface area contributed by atoms with Crippen molar-refractivity contribution in [2.24, 2.45) is 5.92 Å². The van der Waals surface area contributed by atoms with Gasteiger partial charge in [-0.15, -0.1) is 0 Å². The fourth-order valence-electron chi connectivity index (χ4n) is 4.47. The predicted molar refractivity (Wildman–Crippen MR) is 129 cm³/mol. The van der Waals surface area contributed by atoms with Gasteiger partial charge in [-0.2, -0.15) is 12.6 Å². The number of hydrogen-bond acceptors (Lipinski definition) is 5. The van der Waals surface area contributed by atoms with E-state index in [4.69, 9.17) is 22.1 Å². The summed E-state index contributed by atoms with van der Waals surface area (Å²) in [5.41, 5.74) is 1.79. The molecule has 178 valence electrons. The molecule has 0 aromatic heterocycles. The summed E-state index contributed by atoms with van der Waals surface area (Å²) < 4.78 is 11.1. The van der Waals surface area contributed by atoms with Gasteiger partial charge in [0.05, 0.1) is 11.9 Å². The molecule has 0 spiro atoms. The van der Waals surface area contributed by atoms with E-state index in [9.17, 15) is 9.59 Å². The monoisotopic (exact) mass is 462 g/mol. The molecule has 32 heavy (non-hydrogen) atoms. The molecule has 1 aromatic carbocycles. The van der Waals surface area contributed by atoms with Crippen molar-refractivity contribution in [1.82, 2.24) is 9.80 Å². The van der Waals surface area contributed by atoms with Gasteiger partial charge in [0.25, 0.3) is 0 Å². The summed E-state index contributed by atoms with van der Waals surface area (Å²) in [6, 6.07) is 8.37. The molecule has 2 unspecified atom stereocenters. The minimum atomic E-state index is -0.511. The van der Waals surface area contributed by atoms with Crippen LogP contribution in [-0.2, 0) is 20.8 Å².